The van der Waals surface area contributed by atoms with Crippen molar-refractivity contribution in [3.8, 4) is 17.3 Å². The summed E-state index contributed by atoms with van der Waals surface area (Å²) in [6, 6.07) is 11.8. The second kappa shape index (κ2) is 4.15. The van der Waals surface area contributed by atoms with Crippen molar-refractivity contribution in [2.75, 3.05) is 0 Å². The van der Waals surface area contributed by atoms with E-state index in [1.54, 1.807) is 6.07 Å². The van der Waals surface area contributed by atoms with Crippen molar-refractivity contribution in [3.63, 3.8) is 0 Å². The van der Waals surface area contributed by atoms with Gasteiger partial charge in [-0.15, -0.1) is 0 Å². The standard InChI is InChI=1S/C15H12N2O/c16-9-12-8-11-6-3-5-10-4-1-2-7-13(10)14(11)17-15(12)18/h1-2,4,7-8H,3,5-6H2,(H,17,18). The minimum absolute atomic E-state index is 0.202. The first-order valence-electron chi connectivity index (χ1n) is 6.04. The summed E-state index contributed by atoms with van der Waals surface area (Å²) in [7, 11) is 0. The molecule has 1 heterocycles. The van der Waals surface area contributed by atoms with E-state index >= 15 is 0 Å². The average molecular weight is 236 g/mol. The summed E-state index contributed by atoms with van der Waals surface area (Å²) in [5, 5.41) is 8.92. The van der Waals surface area contributed by atoms with Crippen LogP contribution in [-0.4, -0.2) is 4.98 Å². The van der Waals surface area contributed by atoms with Crippen molar-refractivity contribution < 1.29 is 0 Å². The molecule has 0 bridgehead atoms. The maximum Gasteiger partial charge on any atom is 0.266 e. The van der Waals surface area contributed by atoms with Gasteiger partial charge in [-0.05, 0) is 36.5 Å². The lowest BCUT2D eigenvalue weighted by Crippen LogP contribution is -2.12. The molecule has 0 saturated carbocycles. The molecule has 2 aromatic rings. The topological polar surface area (TPSA) is 56.6 Å². The van der Waals surface area contributed by atoms with Crippen LogP contribution in [0.25, 0.3) is 11.3 Å². The van der Waals surface area contributed by atoms with Crippen LogP contribution in [0, 0.1) is 11.3 Å². The van der Waals surface area contributed by atoms with E-state index in [9.17, 15) is 4.79 Å². The summed E-state index contributed by atoms with van der Waals surface area (Å²) < 4.78 is 0. The summed E-state index contributed by atoms with van der Waals surface area (Å²) in [6.45, 7) is 0. The molecule has 0 spiro atoms. The highest BCUT2D eigenvalue weighted by atomic mass is 16.1. The fourth-order valence-corrected chi connectivity index (χ4v) is 2.55. The zero-order valence-corrected chi connectivity index (χ0v) is 9.86. The van der Waals surface area contributed by atoms with E-state index in [4.69, 9.17) is 5.26 Å². The number of pyridine rings is 1. The van der Waals surface area contributed by atoms with E-state index < -0.39 is 0 Å². The lowest BCUT2D eigenvalue weighted by Gasteiger charge is -2.08. The Hall–Kier alpha value is -2.34. The van der Waals surface area contributed by atoms with Gasteiger partial charge in [0.25, 0.3) is 5.56 Å². The van der Waals surface area contributed by atoms with Gasteiger partial charge in [-0.1, -0.05) is 24.3 Å². The van der Waals surface area contributed by atoms with Crippen LogP contribution in [0.5, 0.6) is 0 Å². The van der Waals surface area contributed by atoms with Crippen molar-refractivity contribution in [3.05, 3.63) is 57.4 Å². The number of aromatic nitrogens is 1. The minimum atomic E-state index is -0.298. The lowest BCUT2D eigenvalue weighted by molar-refractivity contribution is 0.832. The zero-order valence-electron chi connectivity index (χ0n) is 9.86. The van der Waals surface area contributed by atoms with Gasteiger partial charge >= 0.3 is 0 Å². The van der Waals surface area contributed by atoms with Crippen LogP contribution in [0.2, 0.25) is 0 Å². The summed E-state index contributed by atoms with van der Waals surface area (Å²) in [5.74, 6) is 0. The van der Waals surface area contributed by atoms with Crippen LogP contribution in [0.4, 0.5) is 0 Å². The molecule has 1 N–H and O–H groups in total. The molecule has 0 amide bonds. The molecule has 0 atom stereocenters. The van der Waals surface area contributed by atoms with Crippen molar-refractivity contribution >= 4 is 0 Å². The number of fused-ring (bicyclic) bond motifs is 3. The number of nitrogens with zero attached hydrogens (tertiary/aromatic N) is 1. The SMILES string of the molecule is N#Cc1cc2c([nH]c1=O)-c1ccccc1CCC2. The molecule has 0 fully saturated rings. The second-order valence-electron chi connectivity index (χ2n) is 4.53. The fraction of sp³-hybridized carbons (Fsp3) is 0.200. The van der Waals surface area contributed by atoms with Crippen LogP contribution < -0.4 is 5.56 Å². The van der Waals surface area contributed by atoms with Crippen LogP contribution in [0.1, 0.15) is 23.1 Å². The van der Waals surface area contributed by atoms with Crippen molar-refractivity contribution in [2.24, 2.45) is 0 Å². The number of rotatable bonds is 0. The Morgan fingerprint density at radius 2 is 1.94 bits per heavy atom. The van der Waals surface area contributed by atoms with Gasteiger partial charge in [0.2, 0.25) is 0 Å². The molecule has 1 aliphatic carbocycles. The van der Waals surface area contributed by atoms with Crippen molar-refractivity contribution in [1.29, 1.82) is 5.26 Å². The highest BCUT2D eigenvalue weighted by Gasteiger charge is 2.16. The number of aryl methyl sites for hydroxylation is 2. The van der Waals surface area contributed by atoms with Crippen molar-refractivity contribution in [2.45, 2.75) is 19.3 Å². The van der Waals surface area contributed by atoms with Crippen LogP contribution in [0.15, 0.2) is 35.1 Å². The normalized spacial score (nSPS) is 13.1. The molecule has 3 nitrogen and oxygen atoms in total. The van der Waals surface area contributed by atoms with Crippen molar-refractivity contribution in [1.82, 2.24) is 4.98 Å². The van der Waals surface area contributed by atoms with Gasteiger partial charge in [0.05, 0.1) is 5.69 Å². The molecular formula is C15H12N2O. The van der Waals surface area contributed by atoms with Gasteiger partial charge in [0.1, 0.15) is 11.6 Å². The first-order valence-corrected chi connectivity index (χ1v) is 6.04. The predicted molar refractivity (Wildman–Crippen MR) is 69.2 cm³/mol. The van der Waals surface area contributed by atoms with E-state index in [-0.39, 0.29) is 11.1 Å². The van der Waals surface area contributed by atoms with Gasteiger partial charge in [0, 0.05) is 5.56 Å². The number of H-pyrrole nitrogens is 1. The second-order valence-corrected chi connectivity index (χ2v) is 4.53. The number of benzene rings is 1. The summed E-state index contributed by atoms with van der Waals surface area (Å²) >= 11 is 0. The quantitative estimate of drug-likeness (QED) is 0.763. The van der Waals surface area contributed by atoms with Gasteiger partial charge in [-0.2, -0.15) is 5.26 Å². The molecule has 1 aromatic heterocycles. The maximum absolute atomic E-state index is 11.8. The monoisotopic (exact) mass is 236 g/mol. The minimum Gasteiger partial charge on any atom is -0.321 e. The average Bonchev–Trinajstić information content (AvgIpc) is 2.57. The molecule has 0 unspecified atom stereocenters. The first kappa shape index (κ1) is 10.8. The highest BCUT2D eigenvalue weighted by Crippen LogP contribution is 2.30. The Kier molecular flexibility index (Phi) is 2.49. The Balaban J connectivity index is 2.31. The highest BCUT2D eigenvalue weighted by molar-refractivity contribution is 5.68. The number of hydrogen-bond donors (Lipinski definition) is 1. The van der Waals surface area contributed by atoms with E-state index in [1.807, 2.05) is 24.3 Å². The molecular weight excluding hydrogens is 224 g/mol. The Labute approximate surface area is 105 Å². The molecule has 18 heavy (non-hydrogen) atoms. The third-order valence-corrected chi connectivity index (χ3v) is 3.42. The summed E-state index contributed by atoms with van der Waals surface area (Å²) in [5.41, 5.74) is 4.20. The molecule has 3 rings (SSSR count). The molecule has 0 aliphatic heterocycles. The molecule has 0 saturated heterocycles. The third-order valence-electron chi connectivity index (χ3n) is 3.42. The number of hydrogen-bond acceptors (Lipinski definition) is 2. The van der Waals surface area contributed by atoms with E-state index in [2.05, 4.69) is 11.1 Å². The van der Waals surface area contributed by atoms with Gasteiger partial charge < -0.3 is 4.98 Å². The van der Waals surface area contributed by atoms with Crippen LogP contribution in [0.3, 0.4) is 0 Å². The number of nitriles is 1. The molecule has 3 heteroatoms. The Morgan fingerprint density at radius 3 is 2.78 bits per heavy atom. The molecule has 1 aromatic carbocycles. The van der Waals surface area contributed by atoms with Gasteiger partial charge in [0.15, 0.2) is 0 Å². The molecule has 1 aliphatic rings. The van der Waals surface area contributed by atoms with E-state index in [1.165, 1.54) is 5.56 Å². The predicted octanol–water partition coefficient (Wildman–Crippen LogP) is 2.40. The Bertz CT molecular complexity index is 707. The zero-order chi connectivity index (χ0) is 12.5. The summed E-state index contributed by atoms with van der Waals surface area (Å²) in [4.78, 5) is 14.6. The smallest absolute Gasteiger partial charge is 0.266 e. The third kappa shape index (κ3) is 1.63. The lowest BCUT2D eigenvalue weighted by atomic mass is 10.0. The number of aromatic amines is 1. The first-order chi connectivity index (χ1) is 8.79. The molecule has 88 valence electrons. The van der Waals surface area contributed by atoms with E-state index in [0.29, 0.717) is 0 Å². The largest absolute Gasteiger partial charge is 0.321 e. The Morgan fingerprint density at radius 1 is 1.17 bits per heavy atom. The van der Waals surface area contributed by atoms with Gasteiger partial charge in [-0.25, -0.2) is 0 Å². The summed E-state index contributed by atoms with van der Waals surface area (Å²) in [6.07, 6.45) is 2.95. The van der Waals surface area contributed by atoms with Gasteiger partial charge in [-0.3, -0.25) is 4.79 Å². The van der Waals surface area contributed by atoms with Crippen LogP contribution in [-0.2, 0) is 12.8 Å². The van der Waals surface area contributed by atoms with Crippen LogP contribution >= 0.6 is 0 Å². The fourth-order valence-electron chi connectivity index (χ4n) is 2.55. The number of nitrogens with one attached hydrogen (secondary N) is 1. The van der Waals surface area contributed by atoms with E-state index in [0.717, 1.165) is 36.1 Å². The molecule has 0 radical (unpaired) electrons. The maximum atomic E-state index is 11.8.